The van der Waals surface area contributed by atoms with Crippen LogP contribution in [0.5, 0.6) is 0 Å². The molecule has 8 heteroatoms. The number of likely N-dealkylation sites (tertiary alicyclic amines) is 1. The maximum absolute atomic E-state index is 12.7. The van der Waals surface area contributed by atoms with Gasteiger partial charge >= 0.3 is 0 Å². The van der Waals surface area contributed by atoms with E-state index in [1.807, 2.05) is 20.8 Å². The number of imide groups is 1. The van der Waals surface area contributed by atoms with Crippen LogP contribution in [-0.2, 0) is 14.4 Å². The minimum Gasteiger partial charge on any atom is -0.357 e. The first-order chi connectivity index (χ1) is 14.0. The van der Waals surface area contributed by atoms with E-state index in [9.17, 15) is 14.4 Å². The summed E-state index contributed by atoms with van der Waals surface area (Å²) in [5.74, 6) is 0.697. The van der Waals surface area contributed by atoms with Crippen LogP contribution in [0.4, 0.5) is 0 Å². The minimum absolute atomic E-state index is 0.0120. The number of aliphatic imine (C=N–C) groups is 1. The fourth-order valence-electron chi connectivity index (χ4n) is 4.53. The Balaban J connectivity index is 1.45. The Labute approximate surface area is 172 Å². The number of guanidine groups is 1. The Morgan fingerprint density at radius 1 is 1.17 bits per heavy atom. The molecule has 0 aromatic heterocycles. The van der Waals surface area contributed by atoms with Crippen molar-refractivity contribution in [1.82, 2.24) is 20.9 Å². The van der Waals surface area contributed by atoms with E-state index in [2.05, 4.69) is 33.1 Å². The van der Waals surface area contributed by atoms with Crippen molar-refractivity contribution in [1.29, 1.82) is 0 Å². The zero-order valence-electron chi connectivity index (χ0n) is 17.6. The Hall–Kier alpha value is -2.38. The molecule has 5 unspecified atom stereocenters. The molecule has 3 aliphatic rings. The van der Waals surface area contributed by atoms with E-state index in [4.69, 9.17) is 0 Å². The van der Waals surface area contributed by atoms with Crippen LogP contribution >= 0.6 is 0 Å². The van der Waals surface area contributed by atoms with Crippen LogP contribution in [0.2, 0.25) is 0 Å². The highest BCUT2D eigenvalue weighted by Crippen LogP contribution is 2.52. The van der Waals surface area contributed by atoms with Crippen LogP contribution in [0.25, 0.3) is 0 Å². The number of amides is 3. The van der Waals surface area contributed by atoms with Crippen molar-refractivity contribution >= 4 is 23.7 Å². The van der Waals surface area contributed by atoms with Crippen molar-refractivity contribution < 1.29 is 14.4 Å². The molecule has 0 aromatic rings. The molecule has 3 amide bonds. The summed E-state index contributed by atoms with van der Waals surface area (Å²) in [7, 11) is 0. The van der Waals surface area contributed by atoms with E-state index in [-0.39, 0.29) is 47.4 Å². The molecule has 0 radical (unpaired) electrons. The van der Waals surface area contributed by atoms with E-state index >= 15 is 0 Å². The van der Waals surface area contributed by atoms with Gasteiger partial charge in [-0.25, -0.2) is 0 Å². The molecule has 1 heterocycles. The van der Waals surface area contributed by atoms with E-state index in [1.165, 1.54) is 4.90 Å². The second kappa shape index (κ2) is 9.41. The zero-order valence-corrected chi connectivity index (χ0v) is 17.6. The number of carbonyl (C=O) groups is 3. The summed E-state index contributed by atoms with van der Waals surface area (Å²) in [6.07, 6.45) is 6.37. The molecule has 8 nitrogen and oxygen atoms in total. The number of nitrogens with one attached hydrogen (secondary N) is 3. The minimum atomic E-state index is -0.150. The SMILES string of the molecule is CCNC(=NCCC(=O)NC(C)CC)NCCN1C(=O)C2C3C=CC(C3)C2C1=O. The van der Waals surface area contributed by atoms with Crippen molar-refractivity contribution in [3.8, 4) is 0 Å². The molecule has 1 saturated heterocycles. The molecule has 5 atom stereocenters. The van der Waals surface area contributed by atoms with Gasteiger partial charge in [-0.05, 0) is 38.5 Å². The quantitative estimate of drug-likeness (QED) is 0.227. The summed E-state index contributed by atoms with van der Waals surface area (Å²) < 4.78 is 0. The van der Waals surface area contributed by atoms with Gasteiger partial charge in [-0.15, -0.1) is 0 Å². The molecule has 0 aromatic carbocycles. The number of rotatable bonds is 9. The average Bonchev–Trinajstić information content (AvgIpc) is 3.37. The highest BCUT2D eigenvalue weighted by atomic mass is 16.2. The Kier molecular flexibility index (Phi) is 6.92. The molecule has 0 spiro atoms. The van der Waals surface area contributed by atoms with E-state index < -0.39 is 0 Å². The fraction of sp³-hybridized carbons (Fsp3) is 0.714. The molecule has 2 bridgehead atoms. The number of hydrogen-bond donors (Lipinski definition) is 3. The molecule has 2 aliphatic carbocycles. The number of hydrogen-bond acceptors (Lipinski definition) is 4. The summed E-state index contributed by atoms with van der Waals surface area (Å²) >= 11 is 0. The lowest BCUT2D eigenvalue weighted by Crippen LogP contribution is -2.43. The molecule has 1 saturated carbocycles. The molecule has 3 rings (SSSR count). The second-order valence-electron chi connectivity index (χ2n) is 8.14. The van der Waals surface area contributed by atoms with Crippen molar-refractivity contribution in [2.45, 2.75) is 46.1 Å². The van der Waals surface area contributed by atoms with Crippen LogP contribution in [-0.4, -0.2) is 60.8 Å². The van der Waals surface area contributed by atoms with Gasteiger partial charge < -0.3 is 16.0 Å². The van der Waals surface area contributed by atoms with Crippen molar-refractivity contribution in [2.24, 2.45) is 28.7 Å². The first-order valence-corrected chi connectivity index (χ1v) is 10.8. The topological polar surface area (TPSA) is 103 Å². The van der Waals surface area contributed by atoms with Crippen molar-refractivity contribution in [3.63, 3.8) is 0 Å². The number of fused-ring (bicyclic) bond motifs is 5. The zero-order chi connectivity index (χ0) is 21.0. The van der Waals surface area contributed by atoms with E-state index in [0.29, 0.717) is 38.6 Å². The van der Waals surface area contributed by atoms with Gasteiger partial charge in [0.05, 0.1) is 18.4 Å². The Morgan fingerprint density at radius 3 is 2.41 bits per heavy atom. The lowest BCUT2D eigenvalue weighted by atomic mass is 9.85. The van der Waals surface area contributed by atoms with Gasteiger partial charge in [-0.3, -0.25) is 24.3 Å². The highest BCUT2D eigenvalue weighted by Gasteiger charge is 2.58. The van der Waals surface area contributed by atoms with Gasteiger partial charge in [-0.1, -0.05) is 19.1 Å². The van der Waals surface area contributed by atoms with E-state index in [1.54, 1.807) is 0 Å². The van der Waals surface area contributed by atoms with Crippen LogP contribution in [0.1, 0.15) is 40.0 Å². The summed E-state index contributed by atoms with van der Waals surface area (Å²) in [6.45, 7) is 7.80. The summed E-state index contributed by atoms with van der Waals surface area (Å²) in [4.78, 5) is 43.1. The van der Waals surface area contributed by atoms with E-state index in [0.717, 1.165) is 12.8 Å². The van der Waals surface area contributed by atoms with Crippen LogP contribution in [0.3, 0.4) is 0 Å². The normalized spacial score (nSPS) is 28.7. The number of carbonyl (C=O) groups excluding carboxylic acids is 3. The third-order valence-corrected chi connectivity index (χ3v) is 6.16. The van der Waals surface area contributed by atoms with Gasteiger partial charge in [0.2, 0.25) is 17.7 Å². The lowest BCUT2D eigenvalue weighted by Gasteiger charge is -2.18. The molecule has 29 heavy (non-hydrogen) atoms. The predicted molar refractivity (Wildman–Crippen MR) is 111 cm³/mol. The lowest BCUT2D eigenvalue weighted by molar-refractivity contribution is -0.140. The molecular formula is C21H33N5O3. The second-order valence-corrected chi connectivity index (χ2v) is 8.14. The molecule has 160 valence electrons. The van der Waals surface area contributed by atoms with Crippen molar-refractivity contribution in [3.05, 3.63) is 12.2 Å². The largest absolute Gasteiger partial charge is 0.357 e. The fourth-order valence-corrected chi connectivity index (χ4v) is 4.53. The maximum Gasteiger partial charge on any atom is 0.233 e. The van der Waals surface area contributed by atoms with Gasteiger partial charge in [-0.2, -0.15) is 0 Å². The molecular weight excluding hydrogens is 370 g/mol. The third-order valence-electron chi connectivity index (χ3n) is 6.16. The van der Waals surface area contributed by atoms with Gasteiger partial charge in [0.25, 0.3) is 0 Å². The standard InChI is InChI=1S/C21H33N5O3/c1-4-13(3)25-16(27)8-9-23-21(22-5-2)24-10-11-26-19(28)17-14-6-7-15(12-14)18(17)20(26)29/h6-7,13-15,17-18H,4-5,8-12H2,1-3H3,(H,25,27)(H2,22,23,24). The smallest absolute Gasteiger partial charge is 0.233 e. The third kappa shape index (κ3) is 4.62. The van der Waals surface area contributed by atoms with Gasteiger partial charge in [0.1, 0.15) is 0 Å². The number of nitrogens with zero attached hydrogens (tertiary/aromatic N) is 2. The Bertz CT molecular complexity index is 674. The molecule has 2 fully saturated rings. The van der Waals surface area contributed by atoms with Crippen LogP contribution in [0.15, 0.2) is 17.1 Å². The van der Waals surface area contributed by atoms with Crippen LogP contribution in [0, 0.1) is 23.7 Å². The monoisotopic (exact) mass is 403 g/mol. The first kappa shape index (κ1) is 21.3. The Morgan fingerprint density at radius 2 is 1.83 bits per heavy atom. The average molecular weight is 404 g/mol. The summed E-state index contributed by atoms with van der Waals surface area (Å²) in [6, 6.07) is 0.165. The van der Waals surface area contributed by atoms with Gasteiger partial charge in [0.15, 0.2) is 5.96 Å². The maximum atomic E-state index is 12.7. The molecule has 3 N–H and O–H groups in total. The first-order valence-electron chi connectivity index (χ1n) is 10.8. The predicted octanol–water partition coefficient (Wildman–Crippen LogP) is 0.653. The number of allylic oxidation sites excluding steroid dienone is 2. The van der Waals surface area contributed by atoms with Crippen LogP contribution < -0.4 is 16.0 Å². The summed E-state index contributed by atoms with van der Waals surface area (Å²) in [5, 5.41) is 9.21. The summed E-state index contributed by atoms with van der Waals surface area (Å²) in [5.41, 5.74) is 0. The molecule has 1 aliphatic heterocycles. The van der Waals surface area contributed by atoms with Gasteiger partial charge in [0, 0.05) is 32.1 Å². The highest BCUT2D eigenvalue weighted by molar-refractivity contribution is 6.06. The van der Waals surface area contributed by atoms with Crippen molar-refractivity contribution in [2.75, 3.05) is 26.2 Å².